The van der Waals surface area contributed by atoms with Crippen LogP contribution in [0.3, 0.4) is 0 Å². The van der Waals surface area contributed by atoms with E-state index in [2.05, 4.69) is 32.7 Å². The molecular formula is C12H23N. The lowest BCUT2D eigenvalue weighted by atomic mass is 9.68. The number of likely N-dealkylation sites (tertiary alicyclic amines) is 1. The first kappa shape index (κ1) is 9.51. The van der Waals surface area contributed by atoms with Crippen LogP contribution in [0.5, 0.6) is 0 Å². The molecule has 0 amide bonds. The Balaban J connectivity index is 2.35. The van der Waals surface area contributed by atoms with Crippen LogP contribution in [-0.4, -0.2) is 24.0 Å². The average Bonchev–Trinajstić information content (AvgIpc) is 2.50. The highest BCUT2D eigenvalue weighted by Gasteiger charge is 2.55. The van der Waals surface area contributed by atoms with Gasteiger partial charge in [-0.1, -0.05) is 27.2 Å². The van der Waals surface area contributed by atoms with Crippen LogP contribution < -0.4 is 0 Å². The van der Waals surface area contributed by atoms with Crippen molar-refractivity contribution in [1.82, 2.24) is 4.90 Å². The number of hydrogen-bond acceptors (Lipinski definition) is 1. The lowest BCUT2D eigenvalue weighted by molar-refractivity contribution is 0.0279. The van der Waals surface area contributed by atoms with Crippen molar-refractivity contribution in [3.63, 3.8) is 0 Å². The second kappa shape index (κ2) is 2.73. The van der Waals surface area contributed by atoms with Crippen LogP contribution >= 0.6 is 0 Å². The van der Waals surface area contributed by atoms with E-state index < -0.39 is 0 Å². The molecule has 2 aliphatic rings. The van der Waals surface area contributed by atoms with Gasteiger partial charge in [0.15, 0.2) is 0 Å². The molecule has 13 heavy (non-hydrogen) atoms. The number of rotatable bonds is 0. The van der Waals surface area contributed by atoms with Crippen LogP contribution in [0.4, 0.5) is 0 Å². The summed E-state index contributed by atoms with van der Waals surface area (Å²) in [6.45, 7) is 8.59. The largest absolute Gasteiger partial charge is 0.300 e. The highest BCUT2D eigenvalue weighted by molar-refractivity contribution is 5.10. The predicted octanol–water partition coefficient (Wildman–Crippen LogP) is 2.91. The van der Waals surface area contributed by atoms with Crippen LogP contribution in [0, 0.1) is 11.3 Å². The highest BCUT2D eigenvalue weighted by atomic mass is 15.2. The quantitative estimate of drug-likeness (QED) is 0.555. The van der Waals surface area contributed by atoms with Crippen molar-refractivity contribution in [2.24, 2.45) is 11.3 Å². The Morgan fingerprint density at radius 3 is 2.46 bits per heavy atom. The number of nitrogens with zero attached hydrogens (tertiary/aromatic N) is 1. The fraction of sp³-hybridized carbons (Fsp3) is 1.00. The van der Waals surface area contributed by atoms with Crippen LogP contribution in [0.15, 0.2) is 0 Å². The average molecular weight is 181 g/mol. The third-order valence-electron chi connectivity index (χ3n) is 4.58. The standard InChI is InChI=1S/C12H23N/c1-11(2,3)12-8-5-6-10(12)7-9-13(12)4/h10H,5-9H2,1-4H3. The molecule has 76 valence electrons. The van der Waals surface area contributed by atoms with E-state index in [1.165, 1.54) is 32.2 Å². The molecule has 0 radical (unpaired) electrons. The fourth-order valence-electron chi connectivity index (χ4n) is 4.06. The van der Waals surface area contributed by atoms with Gasteiger partial charge in [-0.15, -0.1) is 0 Å². The number of fused-ring (bicyclic) bond motifs is 1. The van der Waals surface area contributed by atoms with Crippen molar-refractivity contribution < 1.29 is 0 Å². The molecule has 1 heteroatoms. The van der Waals surface area contributed by atoms with Crippen LogP contribution in [-0.2, 0) is 0 Å². The Kier molecular flexibility index (Phi) is 1.99. The summed E-state index contributed by atoms with van der Waals surface area (Å²) < 4.78 is 0. The van der Waals surface area contributed by atoms with Gasteiger partial charge >= 0.3 is 0 Å². The molecule has 2 atom stereocenters. The SMILES string of the molecule is CN1CCC2CCCC21C(C)(C)C. The fourth-order valence-corrected chi connectivity index (χ4v) is 4.06. The minimum absolute atomic E-state index is 0.458. The molecule has 2 rings (SSSR count). The maximum Gasteiger partial charge on any atom is 0.0283 e. The molecule has 0 aromatic heterocycles. The van der Waals surface area contributed by atoms with E-state index in [-0.39, 0.29) is 0 Å². The summed E-state index contributed by atoms with van der Waals surface area (Å²) in [7, 11) is 2.33. The molecule has 0 N–H and O–H groups in total. The van der Waals surface area contributed by atoms with Gasteiger partial charge < -0.3 is 0 Å². The maximum atomic E-state index is 2.64. The third kappa shape index (κ3) is 1.09. The van der Waals surface area contributed by atoms with Gasteiger partial charge in [-0.25, -0.2) is 0 Å². The Morgan fingerprint density at radius 1 is 1.23 bits per heavy atom. The Bertz CT molecular complexity index is 204. The van der Waals surface area contributed by atoms with Crippen molar-refractivity contribution in [1.29, 1.82) is 0 Å². The first-order valence-corrected chi connectivity index (χ1v) is 5.70. The molecule has 1 saturated heterocycles. The molecule has 1 aliphatic heterocycles. The van der Waals surface area contributed by atoms with E-state index in [0.29, 0.717) is 11.0 Å². The van der Waals surface area contributed by atoms with Crippen molar-refractivity contribution in [2.75, 3.05) is 13.6 Å². The minimum atomic E-state index is 0.458. The van der Waals surface area contributed by atoms with Gasteiger partial charge in [-0.3, -0.25) is 4.90 Å². The van der Waals surface area contributed by atoms with E-state index >= 15 is 0 Å². The minimum Gasteiger partial charge on any atom is -0.300 e. The normalized spacial score (nSPS) is 41.1. The molecule has 1 saturated carbocycles. The van der Waals surface area contributed by atoms with E-state index in [1.807, 2.05) is 0 Å². The topological polar surface area (TPSA) is 3.24 Å². The van der Waals surface area contributed by atoms with E-state index in [4.69, 9.17) is 0 Å². The lowest BCUT2D eigenvalue weighted by Gasteiger charge is -2.47. The van der Waals surface area contributed by atoms with Gasteiger partial charge in [0.05, 0.1) is 0 Å². The van der Waals surface area contributed by atoms with Gasteiger partial charge in [0.1, 0.15) is 0 Å². The van der Waals surface area contributed by atoms with Gasteiger partial charge in [0, 0.05) is 5.54 Å². The van der Waals surface area contributed by atoms with Crippen LogP contribution in [0.25, 0.3) is 0 Å². The smallest absolute Gasteiger partial charge is 0.0283 e. The van der Waals surface area contributed by atoms with E-state index in [0.717, 1.165) is 5.92 Å². The first-order chi connectivity index (χ1) is 5.98. The van der Waals surface area contributed by atoms with E-state index in [9.17, 15) is 0 Å². The summed E-state index contributed by atoms with van der Waals surface area (Å²) in [6.07, 6.45) is 5.79. The maximum absolute atomic E-state index is 2.64. The summed E-state index contributed by atoms with van der Waals surface area (Å²) in [5.74, 6) is 0.984. The lowest BCUT2D eigenvalue weighted by Crippen LogP contribution is -2.53. The second-order valence-corrected chi connectivity index (χ2v) is 5.97. The second-order valence-electron chi connectivity index (χ2n) is 5.97. The van der Waals surface area contributed by atoms with Gasteiger partial charge in [-0.2, -0.15) is 0 Å². The van der Waals surface area contributed by atoms with Crippen molar-refractivity contribution in [2.45, 2.75) is 52.0 Å². The van der Waals surface area contributed by atoms with Gasteiger partial charge in [0.2, 0.25) is 0 Å². The van der Waals surface area contributed by atoms with Crippen LogP contribution in [0.2, 0.25) is 0 Å². The monoisotopic (exact) mass is 181 g/mol. The molecule has 0 bridgehead atoms. The first-order valence-electron chi connectivity index (χ1n) is 5.70. The van der Waals surface area contributed by atoms with Gasteiger partial charge in [-0.05, 0) is 44.2 Å². The molecule has 1 aliphatic carbocycles. The zero-order chi connectivity index (χ0) is 9.69. The molecule has 2 unspecified atom stereocenters. The zero-order valence-electron chi connectivity index (χ0n) is 9.56. The molecule has 0 aromatic carbocycles. The third-order valence-corrected chi connectivity index (χ3v) is 4.58. The Hall–Kier alpha value is -0.0400. The molecule has 1 nitrogen and oxygen atoms in total. The van der Waals surface area contributed by atoms with Crippen molar-refractivity contribution in [3.8, 4) is 0 Å². The summed E-state index contributed by atoms with van der Waals surface area (Å²) in [4.78, 5) is 2.64. The molecule has 2 fully saturated rings. The van der Waals surface area contributed by atoms with Crippen LogP contribution in [0.1, 0.15) is 46.5 Å². The zero-order valence-corrected chi connectivity index (χ0v) is 9.56. The predicted molar refractivity (Wildman–Crippen MR) is 56.8 cm³/mol. The molecule has 0 aromatic rings. The van der Waals surface area contributed by atoms with Crippen molar-refractivity contribution in [3.05, 3.63) is 0 Å². The molecule has 0 spiro atoms. The van der Waals surface area contributed by atoms with Gasteiger partial charge in [0.25, 0.3) is 0 Å². The van der Waals surface area contributed by atoms with E-state index in [1.54, 1.807) is 0 Å². The van der Waals surface area contributed by atoms with Crippen molar-refractivity contribution >= 4 is 0 Å². The highest BCUT2D eigenvalue weighted by Crippen LogP contribution is 2.55. The Labute approximate surface area is 82.5 Å². The molecule has 1 heterocycles. The number of hydrogen-bond donors (Lipinski definition) is 0. The Morgan fingerprint density at radius 2 is 1.92 bits per heavy atom. The summed E-state index contributed by atoms with van der Waals surface area (Å²) >= 11 is 0. The molecular weight excluding hydrogens is 158 g/mol. The summed E-state index contributed by atoms with van der Waals surface area (Å²) in [6, 6.07) is 0. The summed E-state index contributed by atoms with van der Waals surface area (Å²) in [5, 5.41) is 0. The summed E-state index contributed by atoms with van der Waals surface area (Å²) in [5.41, 5.74) is 0.992.